The van der Waals surface area contributed by atoms with Crippen molar-refractivity contribution in [3.05, 3.63) is 35.4 Å². The highest BCUT2D eigenvalue weighted by Gasteiger charge is 2.20. The molecule has 1 aromatic rings. The first-order chi connectivity index (χ1) is 7.79. The Kier molecular flexibility index (Phi) is 4.05. The second-order valence-corrected chi connectivity index (χ2v) is 5.24. The van der Waals surface area contributed by atoms with Crippen LogP contribution in [0.3, 0.4) is 0 Å². The summed E-state index contributed by atoms with van der Waals surface area (Å²) in [4.78, 5) is 22.3. The predicted octanol–water partition coefficient (Wildman–Crippen LogP) is 2.47. The van der Waals surface area contributed by atoms with E-state index in [4.69, 9.17) is 5.11 Å². The van der Waals surface area contributed by atoms with Crippen LogP contribution in [0.5, 0.6) is 0 Å². The fourth-order valence-corrected chi connectivity index (χ4v) is 1.40. The summed E-state index contributed by atoms with van der Waals surface area (Å²) in [6.07, 6.45) is 0.421. The molecule has 0 aliphatic rings. The molecule has 3 heteroatoms. The number of rotatable bonds is 4. The highest BCUT2D eigenvalue weighted by Crippen LogP contribution is 2.18. The van der Waals surface area contributed by atoms with Gasteiger partial charge in [-0.25, -0.2) is 0 Å². The van der Waals surface area contributed by atoms with Gasteiger partial charge in [-0.2, -0.15) is 0 Å². The van der Waals surface area contributed by atoms with E-state index in [0.29, 0.717) is 6.42 Å². The zero-order valence-corrected chi connectivity index (χ0v) is 10.5. The maximum absolute atomic E-state index is 11.8. The number of carbonyl (C=O) groups is 2. The summed E-state index contributed by atoms with van der Waals surface area (Å²) in [5.41, 5.74) is 1.35. The third-order valence-corrected chi connectivity index (χ3v) is 2.58. The lowest BCUT2D eigenvalue weighted by Crippen LogP contribution is -2.22. The number of carbonyl (C=O) groups excluding carboxylic acids is 1. The SMILES string of the molecule is CC(C)(C)C(=O)Cc1ccc(CC(=O)O)cc1. The molecule has 0 saturated carbocycles. The fraction of sp³-hybridized carbons (Fsp3) is 0.429. The maximum Gasteiger partial charge on any atom is 0.307 e. The van der Waals surface area contributed by atoms with Crippen LogP contribution >= 0.6 is 0 Å². The number of hydrogen-bond acceptors (Lipinski definition) is 2. The molecule has 0 heterocycles. The Bertz CT molecular complexity index is 410. The largest absolute Gasteiger partial charge is 0.481 e. The van der Waals surface area contributed by atoms with Gasteiger partial charge in [-0.1, -0.05) is 45.0 Å². The summed E-state index contributed by atoms with van der Waals surface area (Å²) in [5.74, 6) is -0.660. The van der Waals surface area contributed by atoms with Crippen LogP contribution in [0.4, 0.5) is 0 Å². The van der Waals surface area contributed by atoms with E-state index in [0.717, 1.165) is 11.1 Å². The quantitative estimate of drug-likeness (QED) is 0.870. The maximum atomic E-state index is 11.8. The summed E-state index contributed by atoms with van der Waals surface area (Å²) in [6.45, 7) is 5.69. The van der Waals surface area contributed by atoms with Gasteiger partial charge in [0.1, 0.15) is 5.78 Å². The second-order valence-electron chi connectivity index (χ2n) is 5.24. The molecular weight excluding hydrogens is 216 g/mol. The molecule has 3 nitrogen and oxygen atoms in total. The third kappa shape index (κ3) is 4.39. The first kappa shape index (κ1) is 13.4. The summed E-state index contributed by atoms with van der Waals surface area (Å²) in [7, 11) is 0. The van der Waals surface area contributed by atoms with Gasteiger partial charge in [0.05, 0.1) is 6.42 Å². The number of carboxylic acid groups (broad SMARTS) is 1. The van der Waals surface area contributed by atoms with Gasteiger partial charge >= 0.3 is 5.97 Å². The molecule has 0 saturated heterocycles. The lowest BCUT2D eigenvalue weighted by Gasteiger charge is -2.16. The average molecular weight is 234 g/mol. The third-order valence-electron chi connectivity index (χ3n) is 2.58. The van der Waals surface area contributed by atoms with E-state index in [2.05, 4.69) is 0 Å². The van der Waals surface area contributed by atoms with Gasteiger partial charge in [0.15, 0.2) is 0 Å². The fourth-order valence-electron chi connectivity index (χ4n) is 1.40. The Morgan fingerprint density at radius 1 is 1.00 bits per heavy atom. The number of aliphatic carboxylic acids is 1. The van der Waals surface area contributed by atoms with E-state index in [1.165, 1.54) is 0 Å². The lowest BCUT2D eigenvalue weighted by atomic mass is 9.87. The van der Waals surface area contributed by atoms with Crippen LogP contribution in [0.2, 0.25) is 0 Å². The van der Waals surface area contributed by atoms with Crippen molar-refractivity contribution in [3.63, 3.8) is 0 Å². The molecule has 0 spiro atoms. The van der Waals surface area contributed by atoms with Gasteiger partial charge in [0, 0.05) is 11.8 Å². The Morgan fingerprint density at radius 2 is 1.41 bits per heavy atom. The van der Waals surface area contributed by atoms with Gasteiger partial charge in [0.25, 0.3) is 0 Å². The van der Waals surface area contributed by atoms with E-state index >= 15 is 0 Å². The van der Waals surface area contributed by atoms with Crippen LogP contribution in [-0.4, -0.2) is 16.9 Å². The van der Waals surface area contributed by atoms with Gasteiger partial charge in [0.2, 0.25) is 0 Å². The smallest absolute Gasteiger partial charge is 0.307 e. The first-order valence-corrected chi connectivity index (χ1v) is 5.62. The Balaban J connectivity index is 2.69. The molecule has 0 radical (unpaired) electrons. The molecule has 0 amide bonds. The van der Waals surface area contributed by atoms with Crippen LogP contribution in [0.1, 0.15) is 31.9 Å². The molecule has 0 atom stereocenters. The summed E-state index contributed by atoms with van der Waals surface area (Å²) in [5, 5.41) is 8.63. The minimum Gasteiger partial charge on any atom is -0.481 e. The van der Waals surface area contributed by atoms with E-state index in [-0.39, 0.29) is 17.6 Å². The van der Waals surface area contributed by atoms with Gasteiger partial charge in [-0.05, 0) is 11.1 Å². The van der Waals surface area contributed by atoms with Gasteiger partial charge < -0.3 is 5.11 Å². The van der Waals surface area contributed by atoms with Gasteiger partial charge in [-0.3, -0.25) is 9.59 Å². The van der Waals surface area contributed by atoms with Crippen molar-refractivity contribution in [2.45, 2.75) is 33.6 Å². The van der Waals surface area contributed by atoms with Crippen LogP contribution < -0.4 is 0 Å². The minimum atomic E-state index is -0.844. The molecule has 0 aliphatic carbocycles. The number of ketones is 1. The predicted molar refractivity (Wildman–Crippen MR) is 65.9 cm³/mol. The summed E-state index contributed by atoms with van der Waals surface area (Å²) in [6, 6.07) is 7.17. The van der Waals surface area contributed by atoms with Crippen LogP contribution in [-0.2, 0) is 22.4 Å². The molecule has 0 unspecified atom stereocenters. The molecule has 17 heavy (non-hydrogen) atoms. The molecule has 1 rings (SSSR count). The van der Waals surface area contributed by atoms with Gasteiger partial charge in [-0.15, -0.1) is 0 Å². The van der Waals surface area contributed by atoms with Crippen molar-refractivity contribution in [1.82, 2.24) is 0 Å². The van der Waals surface area contributed by atoms with E-state index in [1.54, 1.807) is 12.1 Å². The van der Waals surface area contributed by atoms with Crippen molar-refractivity contribution in [3.8, 4) is 0 Å². The van der Waals surface area contributed by atoms with E-state index in [1.807, 2.05) is 32.9 Å². The Hall–Kier alpha value is -1.64. The lowest BCUT2D eigenvalue weighted by molar-refractivity contribution is -0.136. The van der Waals surface area contributed by atoms with Crippen molar-refractivity contribution in [2.24, 2.45) is 5.41 Å². The van der Waals surface area contributed by atoms with Crippen molar-refractivity contribution >= 4 is 11.8 Å². The van der Waals surface area contributed by atoms with E-state index in [9.17, 15) is 9.59 Å². The Morgan fingerprint density at radius 3 is 1.76 bits per heavy atom. The molecule has 0 fully saturated rings. The standard InChI is InChI=1S/C14H18O3/c1-14(2,3)12(15)8-10-4-6-11(7-5-10)9-13(16)17/h4-7H,8-9H2,1-3H3,(H,16,17). The van der Waals surface area contributed by atoms with Crippen LogP contribution in [0.15, 0.2) is 24.3 Å². The highest BCUT2D eigenvalue weighted by atomic mass is 16.4. The highest BCUT2D eigenvalue weighted by molar-refractivity contribution is 5.85. The number of carboxylic acids is 1. The van der Waals surface area contributed by atoms with Crippen molar-refractivity contribution in [1.29, 1.82) is 0 Å². The van der Waals surface area contributed by atoms with Crippen LogP contribution in [0, 0.1) is 5.41 Å². The molecule has 92 valence electrons. The number of hydrogen-bond donors (Lipinski definition) is 1. The topological polar surface area (TPSA) is 54.4 Å². The zero-order valence-electron chi connectivity index (χ0n) is 10.5. The monoisotopic (exact) mass is 234 g/mol. The van der Waals surface area contributed by atoms with E-state index < -0.39 is 5.97 Å². The Labute approximate surface area is 101 Å². The normalized spacial score (nSPS) is 11.2. The molecule has 0 bridgehead atoms. The second kappa shape index (κ2) is 5.13. The van der Waals surface area contributed by atoms with Crippen molar-refractivity contribution < 1.29 is 14.7 Å². The number of benzene rings is 1. The molecule has 1 N–H and O–H groups in total. The summed E-state index contributed by atoms with van der Waals surface area (Å²) < 4.78 is 0. The van der Waals surface area contributed by atoms with Crippen molar-refractivity contribution in [2.75, 3.05) is 0 Å². The van der Waals surface area contributed by atoms with Crippen LogP contribution in [0.25, 0.3) is 0 Å². The molecular formula is C14H18O3. The molecule has 1 aromatic carbocycles. The molecule has 0 aromatic heterocycles. The summed E-state index contributed by atoms with van der Waals surface area (Å²) >= 11 is 0. The average Bonchev–Trinajstić information content (AvgIpc) is 2.18. The zero-order chi connectivity index (χ0) is 13.1. The minimum absolute atomic E-state index is 0.0213. The molecule has 0 aliphatic heterocycles. The number of Topliss-reactive ketones (excluding diaryl/α,β-unsaturated/α-hetero) is 1. The first-order valence-electron chi connectivity index (χ1n) is 5.62.